The molecule has 3 rings (SSSR count). The normalized spacial score (nSPS) is 20.9. The van der Waals surface area contributed by atoms with Gasteiger partial charge in [-0.25, -0.2) is 4.39 Å². The molecule has 1 unspecified atom stereocenters. The predicted molar refractivity (Wildman–Crippen MR) is 80.9 cm³/mol. The fourth-order valence-electron chi connectivity index (χ4n) is 2.92. The molecule has 0 spiro atoms. The maximum atomic E-state index is 13.3. The molecule has 0 amide bonds. The van der Waals surface area contributed by atoms with E-state index < -0.39 is 5.60 Å². The summed E-state index contributed by atoms with van der Waals surface area (Å²) >= 11 is 3.18. The van der Waals surface area contributed by atoms with Gasteiger partial charge in [0.15, 0.2) is 0 Å². The first-order valence-corrected chi connectivity index (χ1v) is 7.32. The number of benzene rings is 2. The third kappa shape index (κ3) is 2.34. The molecule has 20 heavy (non-hydrogen) atoms. The number of nitrogen functional groups attached to an aromatic ring is 1. The molecule has 0 bridgehead atoms. The average Bonchev–Trinajstić information content (AvgIpc) is 2.71. The predicted octanol–water partition coefficient (Wildman–Crippen LogP) is 3.55. The van der Waals surface area contributed by atoms with E-state index in [1.165, 1.54) is 6.07 Å². The molecule has 0 heterocycles. The molecular weight excluding hydrogens is 321 g/mol. The van der Waals surface area contributed by atoms with E-state index >= 15 is 0 Å². The maximum Gasteiger partial charge on any atom is 0.137 e. The highest BCUT2D eigenvalue weighted by atomic mass is 79.9. The van der Waals surface area contributed by atoms with Crippen LogP contribution >= 0.6 is 15.9 Å². The molecule has 1 aliphatic carbocycles. The Bertz CT molecular complexity index is 674. The second kappa shape index (κ2) is 4.86. The Morgan fingerprint density at radius 1 is 1.25 bits per heavy atom. The number of aryl methyl sites for hydroxylation is 1. The molecule has 2 aromatic rings. The summed E-state index contributed by atoms with van der Waals surface area (Å²) in [6.45, 7) is 0. The van der Waals surface area contributed by atoms with Crippen molar-refractivity contribution in [2.75, 3.05) is 5.73 Å². The summed E-state index contributed by atoms with van der Waals surface area (Å²) in [6.07, 6.45) is 1.96. The summed E-state index contributed by atoms with van der Waals surface area (Å²) in [5.41, 5.74) is 8.56. The van der Waals surface area contributed by atoms with Crippen molar-refractivity contribution in [1.29, 1.82) is 0 Å². The quantitative estimate of drug-likeness (QED) is 0.824. The molecule has 0 aromatic heterocycles. The van der Waals surface area contributed by atoms with Gasteiger partial charge in [0, 0.05) is 12.1 Å². The zero-order chi connectivity index (χ0) is 14.3. The lowest BCUT2D eigenvalue weighted by atomic mass is 9.88. The first-order chi connectivity index (χ1) is 9.48. The largest absolute Gasteiger partial charge is 0.399 e. The standard InChI is InChI=1S/C16H15BrFNO/c17-14-7-10(1-4-15(14)18)9-16(20)6-5-11-8-12(19)2-3-13(11)16/h1-4,7-8,20H,5-6,9,19H2. The SMILES string of the molecule is Nc1ccc2c(c1)CCC2(O)Cc1ccc(F)c(Br)c1. The molecule has 104 valence electrons. The van der Waals surface area contributed by atoms with Crippen LogP contribution in [0.15, 0.2) is 40.9 Å². The van der Waals surface area contributed by atoms with Crippen molar-refractivity contribution in [3.8, 4) is 0 Å². The topological polar surface area (TPSA) is 46.2 Å². The van der Waals surface area contributed by atoms with Gasteiger partial charge in [-0.1, -0.05) is 12.1 Å². The van der Waals surface area contributed by atoms with Crippen LogP contribution < -0.4 is 5.73 Å². The molecule has 0 fully saturated rings. The third-order valence-electron chi connectivity index (χ3n) is 3.92. The van der Waals surface area contributed by atoms with Crippen LogP contribution in [0.3, 0.4) is 0 Å². The number of aliphatic hydroxyl groups is 1. The summed E-state index contributed by atoms with van der Waals surface area (Å²) < 4.78 is 13.7. The van der Waals surface area contributed by atoms with Gasteiger partial charge in [0.1, 0.15) is 5.82 Å². The highest BCUT2D eigenvalue weighted by molar-refractivity contribution is 9.10. The summed E-state index contributed by atoms with van der Waals surface area (Å²) in [4.78, 5) is 0. The van der Waals surface area contributed by atoms with Crippen molar-refractivity contribution in [2.24, 2.45) is 0 Å². The molecule has 2 nitrogen and oxygen atoms in total. The zero-order valence-corrected chi connectivity index (χ0v) is 12.5. The third-order valence-corrected chi connectivity index (χ3v) is 4.53. The van der Waals surface area contributed by atoms with Gasteiger partial charge in [0.25, 0.3) is 0 Å². The number of hydrogen-bond donors (Lipinski definition) is 2. The lowest BCUT2D eigenvalue weighted by molar-refractivity contribution is 0.0389. The molecular formula is C16H15BrFNO. The molecule has 2 aromatic carbocycles. The molecule has 1 aliphatic rings. The minimum absolute atomic E-state index is 0.291. The monoisotopic (exact) mass is 335 g/mol. The first-order valence-electron chi connectivity index (χ1n) is 6.53. The lowest BCUT2D eigenvalue weighted by Gasteiger charge is -2.24. The van der Waals surface area contributed by atoms with E-state index in [0.29, 0.717) is 17.3 Å². The molecule has 0 saturated carbocycles. The summed E-state index contributed by atoms with van der Waals surface area (Å²) in [7, 11) is 0. The fraction of sp³-hybridized carbons (Fsp3) is 0.250. The van der Waals surface area contributed by atoms with Crippen molar-refractivity contribution >= 4 is 21.6 Å². The Morgan fingerprint density at radius 3 is 2.80 bits per heavy atom. The van der Waals surface area contributed by atoms with E-state index in [-0.39, 0.29) is 5.82 Å². The van der Waals surface area contributed by atoms with Crippen molar-refractivity contribution in [3.63, 3.8) is 0 Å². The minimum Gasteiger partial charge on any atom is -0.399 e. The van der Waals surface area contributed by atoms with Crippen molar-refractivity contribution < 1.29 is 9.50 Å². The molecule has 0 radical (unpaired) electrons. The highest BCUT2D eigenvalue weighted by Crippen LogP contribution is 2.40. The smallest absolute Gasteiger partial charge is 0.137 e. The van der Waals surface area contributed by atoms with E-state index in [4.69, 9.17) is 5.73 Å². The number of rotatable bonds is 2. The fourth-order valence-corrected chi connectivity index (χ4v) is 3.35. The van der Waals surface area contributed by atoms with Crippen LogP contribution in [-0.4, -0.2) is 5.11 Å². The summed E-state index contributed by atoms with van der Waals surface area (Å²) in [5, 5.41) is 10.9. The van der Waals surface area contributed by atoms with Gasteiger partial charge >= 0.3 is 0 Å². The zero-order valence-electron chi connectivity index (χ0n) is 10.9. The number of anilines is 1. The van der Waals surface area contributed by atoms with Gasteiger partial charge < -0.3 is 10.8 Å². The van der Waals surface area contributed by atoms with Gasteiger partial charge in [0.05, 0.1) is 10.1 Å². The Labute approximate surface area is 125 Å². The van der Waals surface area contributed by atoms with E-state index in [1.54, 1.807) is 12.1 Å². The van der Waals surface area contributed by atoms with Gasteiger partial charge in [-0.2, -0.15) is 0 Å². The highest BCUT2D eigenvalue weighted by Gasteiger charge is 2.36. The van der Waals surface area contributed by atoms with Crippen LogP contribution in [0.2, 0.25) is 0 Å². The Hall–Kier alpha value is -1.39. The van der Waals surface area contributed by atoms with Gasteiger partial charge in [0.2, 0.25) is 0 Å². The van der Waals surface area contributed by atoms with Crippen LogP contribution in [-0.2, 0) is 18.4 Å². The Balaban J connectivity index is 1.93. The first kappa shape index (κ1) is 13.6. The summed E-state index contributed by atoms with van der Waals surface area (Å²) in [6, 6.07) is 10.5. The van der Waals surface area contributed by atoms with Gasteiger partial charge in [-0.05, 0) is 69.7 Å². The van der Waals surface area contributed by atoms with Gasteiger partial charge in [-0.15, -0.1) is 0 Å². The molecule has 3 N–H and O–H groups in total. The summed E-state index contributed by atoms with van der Waals surface area (Å²) in [5.74, 6) is -0.291. The van der Waals surface area contributed by atoms with Crippen LogP contribution in [0.5, 0.6) is 0 Å². The van der Waals surface area contributed by atoms with Gasteiger partial charge in [-0.3, -0.25) is 0 Å². The molecule has 0 aliphatic heterocycles. The molecule has 4 heteroatoms. The number of hydrogen-bond acceptors (Lipinski definition) is 2. The number of halogens is 2. The van der Waals surface area contributed by atoms with E-state index in [9.17, 15) is 9.50 Å². The van der Waals surface area contributed by atoms with Crippen molar-refractivity contribution in [3.05, 3.63) is 63.4 Å². The van der Waals surface area contributed by atoms with E-state index in [0.717, 1.165) is 28.8 Å². The van der Waals surface area contributed by atoms with Crippen LogP contribution in [0, 0.1) is 5.82 Å². The average molecular weight is 336 g/mol. The Kier molecular flexibility index (Phi) is 3.30. The second-order valence-corrected chi connectivity index (χ2v) is 6.23. The second-order valence-electron chi connectivity index (χ2n) is 5.37. The minimum atomic E-state index is -0.889. The van der Waals surface area contributed by atoms with Crippen LogP contribution in [0.4, 0.5) is 10.1 Å². The number of fused-ring (bicyclic) bond motifs is 1. The van der Waals surface area contributed by atoms with Crippen molar-refractivity contribution in [2.45, 2.75) is 24.9 Å². The van der Waals surface area contributed by atoms with Crippen LogP contribution in [0.25, 0.3) is 0 Å². The number of nitrogens with two attached hydrogens (primary N) is 1. The molecule has 0 saturated heterocycles. The Morgan fingerprint density at radius 2 is 2.05 bits per heavy atom. The van der Waals surface area contributed by atoms with Crippen molar-refractivity contribution in [1.82, 2.24) is 0 Å². The van der Waals surface area contributed by atoms with E-state index in [1.807, 2.05) is 18.2 Å². The lowest BCUT2D eigenvalue weighted by Crippen LogP contribution is -2.25. The molecule has 1 atom stereocenters. The maximum absolute atomic E-state index is 13.3. The van der Waals surface area contributed by atoms with E-state index in [2.05, 4.69) is 15.9 Å². The van der Waals surface area contributed by atoms with Crippen LogP contribution in [0.1, 0.15) is 23.1 Å².